The molecule has 2 aliphatic heterocycles. The first-order valence-corrected chi connectivity index (χ1v) is 10.8. The molecule has 0 aromatic heterocycles. The molecule has 146 valence electrons. The van der Waals surface area contributed by atoms with Crippen LogP contribution in [0.3, 0.4) is 0 Å². The van der Waals surface area contributed by atoms with Crippen molar-refractivity contribution in [3.63, 3.8) is 0 Å². The fourth-order valence-corrected chi connectivity index (χ4v) is 4.44. The van der Waals surface area contributed by atoms with E-state index in [9.17, 15) is 18.0 Å². The summed E-state index contributed by atoms with van der Waals surface area (Å²) in [6.45, 7) is 1.98. The predicted molar refractivity (Wildman–Crippen MR) is 103 cm³/mol. The third-order valence-corrected chi connectivity index (χ3v) is 5.97. The third kappa shape index (κ3) is 5.40. The molecule has 0 saturated carbocycles. The van der Waals surface area contributed by atoms with E-state index in [1.54, 1.807) is 17.0 Å². The molecule has 27 heavy (non-hydrogen) atoms. The Morgan fingerprint density at radius 3 is 2.52 bits per heavy atom. The zero-order valence-electron chi connectivity index (χ0n) is 15.2. The molecule has 8 heteroatoms. The lowest BCUT2D eigenvalue weighted by Gasteiger charge is -2.32. The lowest BCUT2D eigenvalue weighted by molar-refractivity contribution is -0.142. The summed E-state index contributed by atoms with van der Waals surface area (Å²) in [4.78, 5) is 28.2. The number of nitrogens with zero attached hydrogens (tertiary/aromatic N) is 2. The van der Waals surface area contributed by atoms with Crippen LogP contribution in [-0.2, 0) is 19.6 Å². The number of hydrogen-bond donors (Lipinski definition) is 1. The van der Waals surface area contributed by atoms with Crippen molar-refractivity contribution >= 4 is 27.9 Å². The maximum Gasteiger partial charge on any atom is 0.242 e. The van der Waals surface area contributed by atoms with Gasteiger partial charge >= 0.3 is 0 Å². The lowest BCUT2D eigenvalue weighted by Crippen LogP contribution is -2.54. The van der Waals surface area contributed by atoms with Crippen LogP contribution in [0.25, 0.3) is 6.08 Å². The standard InChI is InChI=1S/C19H25N3O4S/c23-18(21-11-4-5-12-21)15-22-13-6-9-17(19(22)24)20-27(25,26)14-10-16-7-2-1-3-8-16/h1-3,7-8,10,14,17,20H,4-6,9,11-13,15H2/t17-/m0/s1. The van der Waals surface area contributed by atoms with Crippen molar-refractivity contribution in [1.82, 2.24) is 14.5 Å². The van der Waals surface area contributed by atoms with E-state index in [0.29, 0.717) is 19.4 Å². The maximum atomic E-state index is 12.6. The second-order valence-electron chi connectivity index (χ2n) is 6.92. The monoisotopic (exact) mass is 391 g/mol. The largest absolute Gasteiger partial charge is 0.341 e. The Morgan fingerprint density at radius 2 is 1.81 bits per heavy atom. The number of sulfonamides is 1. The molecule has 0 aliphatic carbocycles. The van der Waals surface area contributed by atoms with Gasteiger partial charge in [0.05, 0.1) is 6.54 Å². The van der Waals surface area contributed by atoms with Gasteiger partial charge in [0.2, 0.25) is 21.8 Å². The highest BCUT2D eigenvalue weighted by molar-refractivity contribution is 7.92. The van der Waals surface area contributed by atoms with Crippen LogP contribution in [-0.4, -0.2) is 62.3 Å². The summed E-state index contributed by atoms with van der Waals surface area (Å²) in [5.41, 5.74) is 0.760. The van der Waals surface area contributed by atoms with Crippen molar-refractivity contribution in [3.05, 3.63) is 41.3 Å². The number of carbonyl (C=O) groups is 2. The molecule has 2 amide bonds. The number of amides is 2. The Kier molecular flexibility index (Phi) is 6.28. The Bertz CT molecular complexity index is 802. The van der Waals surface area contributed by atoms with E-state index < -0.39 is 16.1 Å². The van der Waals surface area contributed by atoms with E-state index in [1.807, 2.05) is 18.2 Å². The van der Waals surface area contributed by atoms with Gasteiger partial charge in [-0.05, 0) is 37.3 Å². The summed E-state index contributed by atoms with van der Waals surface area (Å²) in [6, 6.07) is 8.25. The van der Waals surface area contributed by atoms with Crippen molar-refractivity contribution < 1.29 is 18.0 Å². The summed E-state index contributed by atoms with van der Waals surface area (Å²) in [5.74, 6) is -0.390. The quantitative estimate of drug-likeness (QED) is 0.789. The van der Waals surface area contributed by atoms with Gasteiger partial charge in [0.25, 0.3) is 0 Å². The molecule has 1 aromatic carbocycles. The van der Waals surface area contributed by atoms with Crippen LogP contribution >= 0.6 is 0 Å². The second-order valence-corrected chi connectivity index (χ2v) is 8.52. The number of benzene rings is 1. The van der Waals surface area contributed by atoms with Crippen LogP contribution in [0.15, 0.2) is 35.7 Å². The van der Waals surface area contributed by atoms with E-state index in [4.69, 9.17) is 0 Å². The average Bonchev–Trinajstić information content (AvgIpc) is 3.19. The van der Waals surface area contributed by atoms with Gasteiger partial charge in [0.15, 0.2) is 0 Å². The number of carbonyl (C=O) groups excluding carboxylic acids is 2. The topological polar surface area (TPSA) is 86.8 Å². The molecule has 2 aliphatic rings. The highest BCUT2D eigenvalue weighted by atomic mass is 32.2. The summed E-state index contributed by atoms with van der Waals surface area (Å²) < 4.78 is 27.1. The van der Waals surface area contributed by atoms with Crippen molar-refractivity contribution in [2.24, 2.45) is 0 Å². The van der Waals surface area contributed by atoms with Crippen LogP contribution in [0, 0.1) is 0 Å². The van der Waals surface area contributed by atoms with Gasteiger partial charge in [-0.2, -0.15) is 4.72 Å². The van der Waals surface area contributed by atoms with Gasteiger partial charge < -0.3 is 9.80 Å². The van der Waals surface area contributed by atoms with Gasteiger partial charge in [0.1, 0.15) is 6.04 Å². The van der Waals surface area contributed by atoms with Crippen LogP contribution in [0.1, 0.15) is 31.2 Å². The minimum Gasteiger partial charge on any atom is -0.341 e. The molecule has 0 radical (unpaired) electrons. The first-order valence-electron chi connectivity index (χ1n) is 9.27. The molecular weight excluding hydrogens is 366 g/mol. The third-order valence-electron chi connectivity index (χ3n) is 4.86. The number of likely N-dealkylation sites (tertiary alicyclic amines) is 2. The van der Waals surface area contributed by atoms with Crippen molar-refractivity contribution in [2.45, 2.75) is 31.7 Å². The molecule has 7 nitrogen and oxygen atoms in total. The lowest BCUT2D eigenvalue weighted by atomic mass is 10.1. The number of nitrogens with one attached hydrogen (secondary N) is 1. The number of hydrogen-bond acceptors (Lipinski definition) is 4. The molecule has 2 heterocycles. The predicted octanol–water partition coefficient (Wildman–Crippen LogP) is 1.19. The zero-order valence-corrected chi connectivity index (χ0v) is 16.0. The number of piperidine rings is 1. The van der Waals surface area contributed by atoms with E-state index in [1.165, 1.54) is 11.0 Å². The molecule has 1 atom stereocenters. The summed E-state index contributed by atoms with van der Waals surface area (Å²) >= 11 is 0. The molecule has 2 saturated heterocycles. The fraction of sp³-hybridized carbons (Fsp3) is 0.474. The minimum absolute atomic E-state index is 0.0247. The molecule has 1 aromatic rings. The smallest absolute Gasteiger partial charge is 0.242 e. The van der Waals surface area contributed by atoms with E-state index in [-0.39, 0.29) is 18.4 Å². The molecule has 1 N–H and O–H groups in total. The Hall–Kier alpha value is -2.19. The van der Waals surface area contributed by atoms with Crippen LogP contribution in [0.4, 0.5) is 0 Å². The van der Waals surface area contributed by atoms with Crippen molar-refractivity contribution in [2.75, 3.05) is 26.2 Å². The first-order chi connectivity index (χ1) is 12.9. The molecule has 2 fully saturated rings. The summed E-state index contributed by atoms with van der Waals surface area (Å²) in [6.07, 6.45) is 4.58. The van der Waals surface area contributed by atoms with E-state index in [2.05, 4.69) is 4.72 Å². The van der Waals surface area contributed by atoms with E-state index in [0.717, 1.165) is 36.9 Å². The van der Waals surface area contributed by atoms with Crippen LogP contribution in [0.5, 0.6) is 0 Å². The van der Waals surface area contributed by atoms with Gasteiger partial charge in [0, 0.05) is 25.0 Å². The summed E-state index contributed by atoms with van der Waals surface area (Å²) in [7, 11) is -3.75. The maximum absolute atomic E-state index is 12.6. The normalized spacial score (nSPS) is 21.2. The minimum atomic E-state index is -3.75. The fourth-order valence-electron chi connectivity index (χ4n) is 3.41. The van der Waals surface area contributed by atoms with Crippen LogP contribution < -0.4 is 4.72 Å². The van der Waals surface area contributed by atoms with Gasteiger partial charge in [-0.1, -0.05) is 30.3 Å². The Balaban J connectivity index is 1.59. The first kappa shape index (κ1) is 19.6. The molecule has 3 rings (SSSR count). The zero-order chi connectivity index (χ0) is 19.3. The molecule has 0 unspecified atom stereocenters. The Morgan fingerprint density at radius 1 is 1.11 bits per heavy atom. The molecular formula is C19H25N3O4S. The highest BCUT2D eigenvalue weighted by Gasteiger charge is 2.33. The number of rotatable bonds is 6. The molecule has 0 bridgehead atoms. The van der Waals surface area contributed by atoms with Gasteiger partial charge in [-0.3, -0.25) is 9.59 Å². The SMILES string of the molecule is O=C(CN1CCC[C@H](NS(=O)(=O)C=Cc2ccccc2)C1=O)N1CCCC1. The van der Waals surface area contributed by atoms with Gasteiger partial charge in [-0.15, -0.1) is 0 Å². The average molecular weight is 391 g/mol. The van der Waals surface area contributed by atoms with Crippen LogP contribution in [0.2, 0.25) is 0 Å². The van der Waals surface area contributed by atoms with Crippen molar-refractivity contribution in [1.29, 1.82) is 0 Å². The van der Waals surface area contributed by atoms with E-state index >= 15 is 0 Å². The molecule has 0 spiro atoms. The highest BCUT2D eigenvalue weighted by Crippen LogP contribution is 2.15. The van der Waals surface area contributed by atoms with Gasteiger partial charge in [-0.25, -0.2) is 8.42 Å². The second kappa shape index (κ2) is 8.67. The Labute approximate surface area is 160 Å². The van der Waals surface area contributed by atoms with Crippen molar-refractivity contribution in [3.8, 4) is 0 Å². The summed E-state index contributed by atoms with van der Waals surface area (Å²) in [5, 5.41) is 1.07.